The molecule has 0 spiro atoms. The summed E-state index contributed by atoms with van der Waals surface area (Å²) in [5, 5.41) is 3.96. The number of piperidine rings is 1. The van der Waals surface area contributed by atoms with Crippen molar-refractivity contribution < 1.29 is 22.8 Å². The van der Waals surface area contributed by atoms with Crippen LogP contribution in [0.15, 0.2) is 71.3 Å². The zero-order valence-corrected chi connectivity index (χ0v) is 21.6. The number of hydrogen-bond acceptors (Lipinski definition) is 5. The maximum atomic E-state index is 13.4. The topological polar surface area (TPSA) is 101 Å². The summed E-state index contributed by atoms with van der Waals surface area (Å²) < 4.78 is 32.8. The first-order chi connectivity index (χ1) is 18.7. The van der Waals surface area contributed by atoms with Crippen LogP contribution in [0.3, 0.4) is 0 Å². The first-order valence-corrected chi connectivity index (χ1v) is 12.7. The average Bonchev–Trinajstić information content (AvgIpc) is 3.35. The fourth-order valence-electron chi connectivity index (χ4n) is 4.35. The Morgan fingerprint density at radius 2 is 1.82 bits per heavy atom. The van der Waals surface area contributed by atoms with Crippen molar-refractivity contribution in [2.24, 2.45) is 0 Å². The molecule has 1 aliphatic heterocycles. The van der Waals surface area contributed by atoms with Gasteiger partial charge in [-0.25, -0.2) is 13.8 Å². The summed E-state index contributed by atoms with van der Waals surface area (Å²) in [6.07, 6.45) is 3.97. The number of halogens is 3. The molecule has 200 valence electrons. The van der Waals surface area contributed by atoms with Gasteiger partial charge in [0.05, 0.1) is 11.6 Å². The number of carbonyl (C=O) groups excluding carboxylic acids is 2. The quantitative estimate of drug-likeness (QED) is 0.290. The molecule has 0 saturated carbocycles. The second-order valence-corrected chi connectivity index (χ2v) is 9.78. The lowest BCUT2D eigenvalue weighted by Gasteiger charge is -2.31. The van der Waals surface area contributed by atoms with E-state index in [4.69, 9.17) is 21.8 Å². The van der Waals surface area contributed by atoms with Gasteiger partial charge >= 0.3 is 0 Å². The van der Waals surface area contributed by atoms with E-state index in [9.17, 15) is 18.4 Å². The Labute approximate surface area is 228 Å². The second kappa shape index (κ2) is 10.9. The number of nitrogens with two attached hydrogens (primary N) is 1. The second-order valence-electron chi connectivity index (χ2n) is 9.38. The zero-order valence-electron chi connectivity index (χ0n) is 20.8. The molecule has 3 heterocycles. The predicted molar refractivity (Wildman–Crippen MR) is 146 cm³/mol. The standard InChI is InChI=1S/C29H25ClF2N4O3/c30-24-13-21(19-3-5-20(6-4-19)28(38)36-11-9-29(31,32)10-12-36)14-25-23(24)15-22(39-25)17-35-27(37)8-2-18-1-7-26(33)34-16-18/h1-8,13-16H,9-12,17H2,(H2,33,34)(H,35,37). The molecule has 10 heteroatoms. The van der Waals surface area contributed by atoms with Gasteiger partial charge in [-0.3, -0.25) is 9.59 Å². The maximum absolute atomic E-state index is 13.4. The van der Waals surface area contributed by atoms with E-state index in [1.54, 1.807) is 60.8 Å². The van der Waals surface area contributed by atoms with Crippen molar-refractivity contribution in [1.29, 1.82) is 0 Å². The van der Waals surface area contributed by atoms with Gasteiger partial charge in [-0.15, -0.1) is 0 Å². The highest BCUT2D eigenvalue weighted by molar-refractivity contribution is 6.35. The van der Waals surface area contributed by atoms with E-state index in [0.29, 0.717) is 33.1 Å². The lowest BCUT2D eigenvalue weighted by atomic mass is 10.0. The Morgan fingerprint density at radius 3 is 2.51 bits per heavy atom. The third-order valence-corrected chi connectivity index (χ3v) is 6.87. The van der Waals surface area contributed by atoms with Crippen LogP contribution in [0, 0.1) is 0 Å². The van der Waals surface area contributed by atoms with Crippen molar-refractivity contribution in [2.75, 3.05) is 18.8 Å². The number of aromatic nitrogens is 1. The highest BCUT2D eigenvalue weighted by Crippen LogP contribution is 2.33. The molecule has 39 heavy (non-hydrogen) atoms. The van der Waals surface area contributed by atoms with Crippen molar-refractivity contribution >= 4 is 46.3 Å². The Balaban J connectivity index is 1.24. The smallest absolute Gasteiger partial charge is 0.253 e. The van der Waals surface area contributed by atoms with Gasteiger partial charge in [-0.2, -0.15) is 0 Å². The normalized spacial score (nSPS) is 15.1. The first kappa shape index (κ1) is 26.4. The molecule has 0 bridgehead atoms. The molecule has 0 radical (unpaired) electrons. The predicted octanol–water partition coefficient (Wildman–Crippen LogP) is 5.93. The van der Waals surface area contributed by atoms with E-state index < -0.39 is 5.92 Å². The minimum absolute atomic E-state index is 0.0392. The molecule has 0 atom stereocenters. The lowest BCUT2D eigenvalue weighted by Crippen LogP contribution is -2.42. The van der Waals surface area contributed by atoms with Crippen molar-refractivity contribution in [3.63, 3.8) is 0 Å². The number of anilines is 1. The molecule has 1 fully saturated rings. The summed E-state index contributed by atoms with van der Waals surface area (Å²) in [7, 11) is 0. The Kier molecular flexibility index (Phi) is 7.34. The number of alkyl halides is 2. The summed E-state index contributed by atoms with van der Waals surface area (Å²) in [4.78, 5) is 30.4. The zero-order chi connectivity index (χ0) is 27.6. The van der Waals surface area contributed by atoms with Gasteiger partial charge in [0.25, 0.3) is 11.8 Å². The van der Waals surface area contributed by atoms with E-state index in [-0.39, 0.29) is 44.3 Å². The van der Waals surface area contributed by atoms with Crippen molar-refractivity contribution in [3.8, 4) is 11.1 Å². The van der Waals surface area contributed by atoms with Gasteiger partial charge in [-0.05, 0) is 65.2 Å². The molecular formula is C29H25ClF2N4O3. The number of nitrogen functional groups attached to an aromatic ring is 1. The highest BCUT2D eigenvalue weighted by Gasteiger charge is 2.35. The van der Waals surface area contributed by atoms with Crippen LogP contribution in [0.4, 0.5) is 14.6 Å². The van der Waals surface area contributed by atoms with Crippen molar-refractivity contribution in [1.82, 2.24) is 15.2 Å². The van der Waals surface area contributed by atoms with Gasteiger partial charge in [0, 0.05) is 49.2 Å². The number of likely N-dealkylation sites (tertiary alicyclic amines) is 1. The number of furan rings is 1. The van der Waals surface area contributed by atoms with Gasteiger partial charge in [-0.1, -0.05) is 23.7 Å². The summed E-state index contributed by atoms with van der Waals surface area (Å²) in [6.45, 7) is 0.248. The van der Waals surface area contributed by atoms with Crippen LogP contribution < -0.4 is 11.1 Å². The molecule has 7 nitrogen and oxygen atoms in total. The Morgan fingerprint density at radius 1 is 1.08 bits per heavy atom. The van der Waals surface area contributed by atoms with Crippen molar-refractivity contribution in [2.45, 2.75) is 25.3 Å². The van der Waals surface area contributed by atoms with Crippen LogP contribution in [-0.2, 0) is 11.3 Å². The van der Waals surface area contributed by atoms with E-state index in [1.807, 2.05) is 6.07 Å². The maximum Gasteiger partial charge on any atom is 0.253 e. The van der Waals surface area contributed by atoms with Gasteiger partial charge in [0.1, 0.15) is 17.2 Å². The minimum atomic E-state index is -2.71. The summed E-state index contributed by atoms with van der Waals surface area (Å²) >= 11 is 6.53. The summed E-state index contributed by atoms with van der Waals surface area (Å²) in [6, 6.07) is 15.8. The molecule has 2 aromatic heterocycles. The highest BCUT2D eigenvalue weighted by atomic mass is 35.5. The minimum Gasteiger partial charge on any atom is -0.459 e. The van der Waals surface area contributed by atoms with E-state index in [0.717, 1.165) is 16.7 Å². The molecular weight excluding hydrogens is 526 g/mol. The summed E-state index contributed by atoms with van der Waals surface area (Å²) in [5.41, 5.74) is 8.90. The molecule has 2 amide bonds. The number of amides is 2. The average molecular weight is 551 g/mol. The molecule has 5 rings (SSSR count). The van der Waals surface area contributed by atoms with E-state index in [1.165, 1.54) is 11.0 Å². The SMILES string of the molecule is Nc1ccc(C=CC(=O)NCc2cc3c(Cl)cc(-c4ccc(C(=O)N5CCC(F)(F)CC5)cc4)cc3o2)cn1. The van der Waals surface area contributed by atoms with Crippen LogP contribution in [0.5, 0.6) is 0 Å². The van der Waals surface area contributed by atoms with Crippen LogP contribution in [0.1, 0.15) is 34.5 Å². The fourth-order valence-corrected chi connectivity index (χ4v) is 4.61. The Hall–Kier alpha value is -4.24. The number of benzene rings is 2. The number of nitrogens with zero attached hydrogens (tertiary/aromatic N) is 2. The number of pyridine rings is 1. The number of fused-ring (bicyclic) bond motifs is 1. The molecule has 4 aromatic rings. The van der Waals surface area contributed by atoms with Crippen LogP contribution >= 0.6 is 11.6 Å². The van der Waals surface area contributed by atoms with Crippen LogP contribution in [0.25, 0.3) is 28.2 Å². The number of hydrogen-bond donors (Lipinski definition) is 2. The summed E-state index contributed by atoms with van der Waals surface area (Å²) in [5.74, 6) is -2.33. The fraction of sp³-hybridized carbons (Fsp3) is 0.207. The third-order valence-electron chi connectivity index (χ3n) is 6.56. The van der Waals surface area contributed by atoms with E-state index in [2.05, 4.69) is 10.3 Å². The third kappa shape index (κ3) is 6.26. The van der Waals surface area contributed by atoms with Crippen LogP contribution in [-0.4, -0.2) is 40.7 Å². The molecule has 0 aliphatic carbocycles. The van der Waals surface area contributed by atoms with Crippen LogP contribution in [0.2, 0.25) is 5.02 Å². The monoisotopic (exact) mass is 550 g/mol. The van der Waals surface area contributed by atoms with Gasteiger partial charge in [0.15, 0.2) is 0 Å². The molecule has 0 unspecified atom stereocenters. The molecule has 1 saturated heterocycles. The lowest BCUT2D eigenvalue weighted by molar-refractivity contribution is -0.116. The first-order valence-electron chi connectivity index (χ1n) is 12.3. The number of nitrogens with one attached hydrogen (secondary N) is 1. The molecule has 3 N–H and O–H groups in total. The number of carbonyl (C=O) groups is 2. The van der Waals surface area contributed by atoms with Gasteiger partial charge < -0.3 is 20.4 Å². The van der Waals surface area contributed by atoms with E-state index >= 15 is 0 Å². The molecule has 2 aromatic carbocycles. The largest absolute Gasteiger partial charge is 0.459 e. The number of rotatable bonds is 6. The molecule has 1 aliphatic rings. The van der Waals surface area contributed by atoms with Gasteiger partial charge in [0.2, 0.25) is 5.91 Å². The van der Waals surface area contributed by atoms with Crippen molar-refractivity contribution in [3.05, 3.63) is 88.8 Å². The Bertz CT molecular complexity index is 1540.